The molecule has 0 bridgehead atoms. The lowest BCUT2D eigenvalue weighted by molar-refractivity contribution is -0.145. The molecule has 0 N–H and O–H groups in total. The summed E-state index contributed by atoms with van der Waals surface area (Å²) in [6.45, 7) is 6.03. The van der Waals surface area contributed by atoms with Crippen LogP contribution in [0.5, 0.6) is 0 Å². The number of anilines is 1. The molecule has 0 radical (unpaired) electrons. The van der Waals surface area contributed by atoms with Crippen LogP contribution in [0.4, 0.5) is 5.82 Å². The molecule has 4 heterocycles. The summed E-state index contributed by atoms with van der Waals surface area (Å²) in [5.41, 5.74) is 1.86. The number of rotatable bonds is 3. The lowest BCUT2D eigenvalue weighted by Gasteiger charge is -2.45. The van der Waals surface area contributed by atoms with Crippen LogP contribution < -0.4 is 4.90 Å². The van der Waals surface area contributed by atoms with Crippen molar-refractivity contribution in [1.82, 2.24) is 19.8 Å². The van der Waals surface area contributed by atoms with Gasteiger partial charge in [-0.2, -0.15) is 0 Å². The summed E-state index contributed by atoms with van der Waals surface area (Å²) in [4.78, 5) is 29.4. The zero-order valence-corrected chi connectivity index (χ0v) is 16.9. The molecule has 29 heavy (non-hydrogen) atoms. The van der Waals surface area contributed by atoms with Gasteiger partial charge in [0.05, 0.1) is 23.3 Å². The standard InChI is InChI=1S/C22H29N5O2/c28-22-20(6-3-9-27(22)17-7-14-29-15-8-17)25-10-12-26(13-11-25)21-16-23-18-4-1-2-5-19(18)24-21/h1-2,4-5,16-17,20H,3,6-15H2/t20-/m0/s1. The number of hydrogen-bond donors (Lipinski definition) is 0. The zero-order valence-electron chi connectivity index (χ0n) is 16.9. The molecule has 7 nitrogen and oxygen atoms in total. The van der Waals surface area contributed by atoms with E-state index in [0.29, 0.717) is 11.9 Å². The molecule has 0 saturated carbocycles. The van der Waals surface area contributed by atoms with Gasteiger partial charge >= 0.3 is 0 Å². The minimum Gasteiger partial charge on any atom is -0.381 e. The van der Waals surface area contributed by atoms with Crippen molar-refractivity contribution < 1.29 is 9.53 Å². The van der Waals surface area contributed by atoms with Crippen molar-refractivity contribution in [2.75, 3.05) is 50.8 Å². The van der Waals surface area contributed by atoms with Gasteiger partial charge in [-0.25, -0.2) is 4.98 Å². The van der Waals surface area contributed by atoms with E-state index in [4.69, 9.17) is 9.72 Å². The highest BCUT2D eigenvalue weighted by molar-refractivity contribution is 5.83. The molecule has 0 aliphatic carbocycles. The normalized spacial score (nSPS) is 25.0. The molecule has 7 heteroatoms. The second-order valence-corrected chi connectivity index (χ2v) is 8.27. The average molecular weight is 396 g/mol. The van der Waals surface area contributed by atoms with Gasteiger partial charge in [-0.05, 0) is 37.8 Å². The van der Waals surface area contributed by atoms with E-state index in [1.54, 1.807) is 0 Å². The number of hydrogen-bond acceptors (Lipinski definition) is 6. The fourth-order valence-electron chi connectivity index (χ4n) is 4.94. The molecular weight excluding hydrogens is 366 g/mol. The van der Waals surface area contributed by atoms with Crippen LogP contribution in [-0.2, 0) is 9.53 Å². The van der Waals surface area contributed by atoms with Crippen molar-refractivity contribution in [2.24, 2.45) is 0 Å². The number of amides is 1. The van der Waals surface area contributed by atoms with Gasteiger partial charge in [0.1, 0.15) is 5.82 Å². The highest BCUT2D eigenvalue weighted by Crippen LogP contribution is 2.25. The summed E-state index contributed by atoms with van der Waals surface area (Å²) < 4.78 is 5.48. The Balaban J connectivity index is 1.23. The summed E-state index contributed by atoms with van der Waals surface area (Å²) in [6, 6.07) is 8.39. The molecule has 1 aromatic carbocycles. The van der Waals surface area contributed by atoms with Crippen LogP contribution in [-0.4, -0.2) is 83.7 Å². The fourth-order valence-corrected chi connectivity index (χ4v) is 4.94. The Hall–Kier alpha value is -2.25. The molecule has 3 aliphatic rings. The van der Waals surface area contributed by atoms with Crippen LogP contribution >= 0.6 is 0 Å². The molecule has 3 aliphatic heterocycles. The number of para-hydroxylation sites is 2. The van der Waals surface area contributed by atoms with Crippen LogP contribution in [0.3, 0.4) is 0 Å². The monoisotopic (exact) mass is 395 g/mol. The lowest BCUT2D eigenvalue weighted by atomic mass is 9.97. The lowest BCUT2D eigenvalue weighted by Crippen LogP contribution is -2.59. The van der Waals surface area contributed by atoms with E-state index >= 15 is 0 Å². The Labute approximate surface area is 171 Å². The molecule has 2 aromatic rings. The van der Waals surface area contributed by atoms with Crippen molar-refractivity contribution in [3.63, 3.8) is 0 Å². The minimum absolute atomic E-state index is 0.0384. The van der Waals surface area contributed by atoms with Gasteiger partial charge in [0, 0.05) is 52.0 Å². The third-order valence-electron chi connectivity index (χ3n) is 6.59. The van der Waals surface area contributed by atoms with Crippen molar-refractivity contribution in [1.29, 1.82) is 0 Å². The Morgan fingerprint density at radius 2 is 1.69 bits per heavy atom. The number of aromatic nitrogens is 2. The number of fused-ring (bicyclic) bond motifs is 1. The van der Waals surface area contributed by atoms with Crippen LogP contribution in [0.25, 0.3) is 11.0 Å². The molecule has 1 atom stereocenters. The van der Waals surface area contributed by atoms with Gasteiger partial charge in [0.25, 0.3) is 0 Å². The maximum absolute atomic E-state index is 13.2. The topological polar surface area (TPSA) is 61.8 Å². The van der Waals surface area contributed by atoms with E-state index in [2.05, 4.69) is 19.7 Å². The number of nitrogens with zero attached hydrogens (tertiary/aromatic N) is 5. The molecular formula is C22H29N5O2. The van der Waals surface area contributed by atoms with Gasteiger partial charge in [-0.3, -0.25) is 14.7 Å². The SMILES string of the molecule is O=C1[C@@H](N2CCN(c3cnc4ccccc4n3)CC2)CCCN1C1CCOCC1. The second-order valence-electron chi connectivity index (χ2n) is 8.27. The first kappa shape index (κ1) is 18.8. The van der Waals surface area contributed by atoms with Crippen LogP contribution in [0.15, 0.2) is 30.5 Å². The molecule has 0 spiro atoms. The van der Waals surface area contributed by atoms with Gasteiger partial charge in [-0.15, -0.1) is 0 Å². The van der Waals surface area contributed by atoms with Crippen LogP contribution in [0.2, 0.25) is 0 Å². The van der Waals surface area contributed by atoms with Gasteiger partial charge in [0.2, 0.25) is 5.91 Å². The summed E-state index contributed by atoms with van der Waals surface area (Å²) in [7, 11) is 0. The molecule has 1 amide bonds. The molecule has 3 fully saturated rings. The Kier molecular flexibility index (Phi) is 5.33. The molecule has 5 rings (SSSR count). The number of benzene rings is 1. The van der Waals surface area contributed by atoms with Gasteiger partial charge in [0.15, 0.2) is 0 Å². The predicted octanol–water partition coefficient (Wildman–Crippen LogP) is 1.92. The van der Waals surface area contributed by atoms with E-state index in [1.807, 2.05) is 30.5 Å². The first-order valence-electron chi connectivity index (χ1n) is 10.9. The summed E-state index contributed by atoms with van der Waals surface area (Å²) in [6.07, 6.45) is 5.91. The van der Waals surface area contributed by atoms with Crippen molar-refractivity contribution in [2.45, 2.75) is 37.8 Å². The maximum Gasteiger partial charge on any atom is 0.240 e. The fraction of sp³-hybridized carbons (Fsp3) is 0.591. The largest absolute Gasteiger partial charge is 0.381 e. The average Bonchev–Trinajstić information content (AvgIpc) is 2.80. The van der Waals surface area contributed by atoms with Gasteiger partial charge < -0.3 is 14.5 Å². The van der Waals surface area contributed by atoms with Gasteiger partial charge in [-0.1, -0.05) is 12.1 Å². The highest BCUT2D eigenvalue weighted by Gasteiger charge is 2.38. The molecule has 3 saturated heterocycles. The Bertz CT molecular complexity index is 861. The van der Waals surface area contributed by atoms with E-state index in [1.165, 1.54) is 0 Å². The van der Waals surface area contributed by atoms with Crippen LogP contribution in [0.1, 0.15) is 25.7 Å². The number of ether oxygens (including phenoxy) is 1. The Morgan fingerprint density at radius 1 is 0.931 bits per heavy atom. The summed E-state index contributed by atoms with van der Waals surface area (Å²) in [5, 5.41) is 0. The number of piperidine rings is 1. The molecule has 154 valence electrons. The maximum atomic E-state index is 13.2. The van der Waals surface area contributed by atoms with Crippen molar-refractivity contribution in [3.8, 4) is 0 Å². The first-order valence-corrected chi connectivity index (χ1v) is 10.9. The van der Waals surface area contributed by atoms with E-state index in [0.717, 1.165) is 88.5 Å². The van der Waals surface area contributed by atoms with E-state index < -0.39 is 0 Å². The minimum atomic E-state index is 0.0384. The Morgan fingerprint density at radius 3 is 2.48 bits per heavy atom. The number of piperazine rings is 1. The van der Waals surface area contributed by atoms with Crippen molar-refractivity contribution >= 4 is 22.8 Å². The third kappa shape index (κ3) is 3.81. The summed E-state index contributed by atoms with van der Waals surface area (Å²) >= 11 is 0. The number of carbonyl (C=O) groups is 1. The number of carbonyl (C=O) groups excluding carboxylic acids is 1. The molecule has 1 aromatic heterocycles. The molecule has 0 unspecified atom stereocenters. The smallest absolute Gasteiger partial charge is 0.240 e. The quantitative estimate of drug-likeness (QED) is 0.791. The van der Waals surface area contributed by atoms with E-state index in [-0.39, 0.29) is 6.04 Å². The summed E-state index contributed by atoms with van der Waals surface area (Å²) in [5.74, 6) is 1.27. The zero-order chi connectivity index (χ0) is 19.6. The predicted molar refractivity (Wildman–Crippen MR) is 112 cm³/mol. The number of likely N-dealkylation sites (tertiary alicyclic amines) is 1. The van der Waals surface area contributed by atoms with Crippen LogP contribution in [0, 0.1) is 0 Å². The highest BCUT2D eigenvalue weighted by atomic mass is 16.5. The third-order valence-corrected chi connectivity index (χ3v) is 6.59. The second kappa shape index (κ2) is 8.24. The van der Waals surface area contributed by atoms with Crippen molar-refractivity contribution in [3.05, 3.63) is 30.5 Å². The first-order chi connectivity index (χ1) is 14.3. The van der Waals surface area contributed by atoms with E-state index in [9.17, 15) is 4.79 Å².